The van der Waals surface area contributed by atoms with E-state index < -0.39 is 5.41 Å². The average molecular weight is 360 g/mol. The molecule has 0 radical (unpaired) electrons. The number of carbonyl (C=O) groups excluding carboxylic acids is 3. The van der Waals surface area contributed by atoms with E-state index in [9.17, 15) is 14.4 Å². The minimum absolute atomic E-state index is 0.104. The van der Waals surface area contributed by atoms with Crippen LogP contribution in [0.2, 0.25) is 0 Å². The Balaban J connectivity index is 1.96. The molecule has 142 valence electrons. The van der Waals surface area contributed by atoms with E-state index in [0.717, 1.165) is 5.56 Å². The molecule has 1 fully saturated rings. The van der Waals surface area contributed by atoms with Gasteiger partial charge in [-0.1, -0.05) is 32.9 Å². The van der Waals surface area contributed by atoms with E-state index in [1.807, 2.05) is 19.1 Å². The molecule has 0 saturated carbocycles. The molecule has 0 aliphatic carbocycles. The fraction of sp³-hybridized carbons (Fsp3) is 0.550. The van der Waals surface area contributed by atoms with Gasteiger partial charge in [-0.3, -0.25) is 19.7 Å². The van der Waals surface area contributed by atoms with E-state index in [-0.39, 0.29) is 17.7 Å². The molecule has 1 saturated heterocycles. The summed E-state index contributed by atoms with van der Waals surface area (Å²) in [7, 11) is 0. The van der Waals surface area contributed by atoms with Gasteiger partial charge in [0.2, 0.25) is 17.7 Å². The Kier molecular flexibility index (Phi) is 6.91. The molecular formula is C20H28N2O4. The van der Waals surface area contributed by atoms with Crippen molar-refractivity contribution in [3.8, 4) is 0 Å². The number of imide groups is 1. The minimum Gasteiger partial charge on any atom is -0.381 e. The quantitative estimate of drug-likeness (QED) is 0.551. The van der Waals surface area contributed by atoms with Crippen LogP contribution in [0, 0.1) is 5.92 Å². The Labute approximate surface area is 154 Å². The zero-order chi connectivity index (χ0) is 19.2. The van der Waals surface area contributed by atoms with Crippen LogP contribution in [0.4, 0.5) is 5.69 Å². The first-order valence-corrected chi connectivity index (χ1v) is 9.20. The van der Waals surface area contributed by atoms with E-state index in [2.05, 4.69) is 24.5 Å². The van der Waals surface area contributed by atoms with Crippen molar-refractivity contribution in [2.75, 3.05) is 18.5 Å². The van der Waals surface area contributed by atoms with E-state index >= 15 is 0 Å². The number of carbonyl (C=O) groups is 3. The second-order valence-electron chi connectivity index (χ2n) is 7.16. The number of piperidine rings is 1. The summed E-state index contributed by atoms with van der Waals surface area (Å²) < 4.78 is 5.42. The summed E-state index contributed by atoms with van der Waals surface area (Å²) in [6.45, 7) is 7.11. The molecule has 1 aliphatic heterocycles. The second kappa shape index (κ2) is 8.94. The molecule has 6 heteroatoms. The Hall–Kier alpha value is -2.21. The molecule has 1 aromatic carbocycles. The number of rotatable bonds is 8. The molecule has 1 heterocycles. The Morgan fingerprint density at radius 2 is 1.96 bits per heavy atom. The van der Waals surface area contributed by atoms with E-state index in [1.165, 1.54) is 0 Å². The van der Waals surface area contributed by atoms with Crippen molar-refractivity contribution in [2.45, 2.75) is 51.9 Å². The lowest BCUT2D eigenvalue weighted by Gasteiger charge is -2.35. The zero-order valence-electron chi connectivity index (χ0n) is 15.8. The van der Waals surface area contributed by atoms with Crippen LogP contribution < -0.4 is 10.6 Å². The maximum atomic E-state index is 12.4. The summed E-state index contributed by atoms with van der Waals surface area (Å²) in [6.07, 6.45) is 1.77. The highest BCUT2D eigenvalue weighted by Crippen LogP contribution is 2.36. The summed E-state index contributed by atoms with van der Waals surface area (Å²) >= 11 is 0. The van der Waals surface area contributed by atoms with Crippen molar-refractivity contribution in [1.82, 2.24) is 5.32 Å². The van der Waals surface area contributed by atoms with Gasteiger partial charge in [-0.15, -0.1) is 0 Å². The molecule has 1 aromatic rings. The van der Waals surface area contributed by atoms with E-state index in [0.29, 0.717) is 50.5 Å². The van der Waals surface area contributed by atoms with Gasteiger partial charge in [-0.2, -0.15) is 0 Å². The van der Waals surface area contributed by atoms with E-state index in [1.54, 1.807) is 12.1 Å². The monoisotopic (exact) mass is 360 g/mol. The first kappa shape index (κ1) is 20.1. The summed E-state index contributed by atoms with van der Waals surface area (Å²) in [4.78, 5) is 35.8. The third-order valence-corrected chi connectivity index (χ3v) is 4.72. The van der Waals surface area contributed by atoms with Gasteiger partial charge in [0, 0.05) is 18.7 Å². The molecule has 26 heavy (non-hydrogen) atoms. The maximum absolute atomic E-state index is 12.4. The highest BCUT2D eigenvalue weighted by molar-refractivity contribution is 6.03. The van der Waals surface area contributed by atoms with Crippen LogP contribution in [-0.2, 0) is 24.5 Å². The first-order valence-electron chi connectivity index (χ1n) is 9.20. The summed E-state index contributed by atoms with van der Waals surface area (Å²) in [5, 5.41) is 5.28. The van der Waals surface area contributed by atoms with Gasteiger partial charge >= 0.3 is 0 Å². The Bertz CT molecular complexity index is 654. The van der Waals surface area contributed by atoms with Crippen molar-refractivity contribution >= 4 is 23.4 Å². The zero-order valence-corrected chi connectivity index (χ0v) is 15.8. The van der Waals surface area contributed by atoms with Gasteiger partial charge in [-0.25, -0.2) is 0 Å². The Morgan fingerprint density at radius 1 is 1.27 bits per heavy atom. The predicted molar refractivity (Wildman–Crippen MR) is 99.7 cm³/mol. The van der Waals surface area contributed by atoms with Gasteiger partial charge < -0.3 is 10.1 Å². The predicted octanol–water partition coefficient (Wildman–Crippen LogP) is 2.77. The average Bonchev–Trinajstić information content (AvgIpc) is 2.60. The molecule has 2 N–H and O–H groups in total. The van der Waals surface area contributed by atoms with Crippen LogP contribution in [0.1, 0.15) is 52.0 Å². The molecule has 0 bridgehead atoms. The number of ether oxygens (including phenoxy) is 1. The molecular weight excluding hydrogens is 332 g/mol. The largest absolute Gasteiger partial charge is 0.381 e. The van der Waals surface area contributed by atoms with Gasteiger partial charge in [-0.05, 0) is 36.5 Å². The third kappa shape index (κ3) is 4.91. The van der Waals surface area contributed by atoms with Gasteiger partial charge in [0.25, 0.3) is 0 Å². The van der Waals surface area contributed by atoms with Crippen LogP contribution in [0.5, 0.6) is 0 Å². The number of anilines is 1. The molecule has 3 amide bonds. The highest BCUT2D eigenvalue weighted by Gasteiger charge is 2.42. The molecule has 1 atom stereocenters. The van der Waals surface area contributed by atoms with E-state index in [4.69, 9.17) is 4.74 Å². The molecule has 0 aromatic heterocycles. The minimum atomic E-state index is -0.679. The van der Waals surface area contributed by atoms with Crippen molar-refractivity contribution in [2.24, 2.45) is 5.92 Å². The lowest BCUT2D eigenvalue weighted by atomic mass is 9.72. The molecule has 1 unspecified atom stereocenters. The second-order valence-corrected chi connectivity index (χ2v) is 7.16. The number of hydrogen-bond acceptors (Lipinski definition) is 4. The normalized spacial score (nSPS) is 20.2. The number of amides is 3. The molecule has 6 nitrogen and oxygen atoms in total. The van der Waals surface area contributed by atoms with Crippen molar-refractivity contribution in [1.29, 1.82) is 0 Å². The lowest BCUT2D eigenvalue weighted by molar-refractivity contribution is -0.138. The van der Waals surface area contributed by atoms with Crippen LogP contribution >= 0.6 is 0 Å². The Morgan fingerprint density at radius 3 is 2.54 bits per heavy atom. The molecule has 0 spiro atoms. The summed E-state index contributed by atoms with van der Waals surface area (Å²) in [5.41, 5.74) is 0.866. The standard InChI is InChI=1S/C20H28N2O4/c1-4-20(11-9-17(23)22-19(20)25)15-5-7-16(8-6-15)21-18(24)10-12-26-13-14(2)3/h5-8,14H,4,9-13H2,1-3H3,(H,21,24)(H,22,23,25). The lowest BCUT2D eigenvalue weighted by Crippen LogP contribution is -2.51. The molecule has 1 aliphatic rings. The number of hydrogen-bond donors (Lipinski definition) is 2. The van der Waals surface area contributed by atoms with Crippen molar-refractivity contribution in [3.05, 3.63) is 29.8 Å². The summed E-state index contributed by atoms with van der Waals surface area (Å²) in [6, 6.07) is 7.29. The number of benzene rings is 1. The molecule has 2 rings (SSSR count). The van der Waals surface area contributed by atoms with Crippen LogP contribution in [0.15, 0.2) is 24.3 Å². The highest BCUT2D eigenvalue weighted by atomic mass is 16.5. The fourth-order valence-electron chi connectivity index (χ4n) is 3.15. The van der Waals surface area contributed by atoms with Gasteiger partial charge in [0.05, 0.1) is 18.4 Å². The van der Waals surface area contributed by atoms with Crippen LogP contribution in [-0.4, -0.2) is 30.9 Å². The first-order chi connectivity index (χ1) is 12.4. The van der Waals surface area contributed by atoms with Crippen molar-refractivity contribution < 1.29 is 19.1 Å². The number of nitrogens with one attached hydrogen (secondary N) is 2. The van der Waals surface area contributed by atoms with Crippen LogP contribution in [0.3, 0.4) is 0 Å². The van der Waals surface area contributed by atoms with Gasteiger partial charge in [0.1, 0.15) is 0 Å². The topological polar surface area (TPSA) is 84.5 Å². The fourth-order valence-corrected chi connectivity index (χ4v) is 3.15. The van der Waals surface area contributed by atoms with Crippen molar-refractivity contribution in [3.63, 3.8) is 0 Å². The SMILES string of the molecule is CCC1(c2ccc(NC(=O)CCOCC(C)C)cc2)CCC(=O)NC1=O. The maximum Gasteiger partial charge on any atom is 0.237 e. The smallest absolute Gasteiger partial charge is 0.237 e. The van der Waals surface area contributed by atoms with Gasteiger partial charge in [0.15, 0.2) is 0 Å². The third-order valence-electron chi connectivity index (χ3n) is 4.72. The summed E-state index contributed by atoms with van der Waals surface area (Å²) in [5.74, 6) is -0.116. The van der Waals surface area contributed by atoms with Crippen LogP contribution in [0.25, 0.3) is 0 Å².